The lowest BCUT2D eigenvalue weighted by atomic mass is 10.1. The summed E-state index contributed by atoms with van der Waals surface area (Å²) >= 11 is 0. The molecule has 0 radical (unpaired) electrons. The van der Waals surface area contributed by atoms with Crippen molar-refractivity contribution in [1.29, 1.82) is 0 Å². The number of para-hydroxylation sites is 2. The summed E-state index contributed by atoms with van der Waals surface area (Å²) in [6.45, 7) is 7.39. The van der Waals surface area contributed by atoms with Gasteiger partial charge in [-0.1, -0.05) is 19.1 Å². The molecular formula is C23H28N4O. The summed E-state index contributed by atoms with van der Waals surface area (Å²) in [5.41, 5.74) is 3.83. The summed E-state index contributed by atoms with van der Waals surface area (Å²) in [6.07, 6.45) is 2.22. The number of fused-ring (bicyclic) bond motifs is 1. The number of benzene rings is 2. The predicted molar refractivity (Wildman–Crippen MR) is 113 cm³/mol. The molecule has 146 valence electrons. The Balaban J connectivity index is 1.53. The number of imidazole rings is 1. The van der Waals surface area contributed by atoms with E-state index in [9.17, 15) is 4.79 Å². The van der Waals surface area contributed by atoms with Gasteiger partial charge in [-0.15, -0.1) is 0 Å². The zero-order valence-corrected chi connectivity index (χ0v) is 16.9. The number of amides is 1. The van der Waals surface area contributed by atoms with Crippen LogP contribution in [0.1, 0.15) is 35.9 Å². The summed E-state index contributed by atoms with van der Waals surface area (Å²) < 4.78 is 2.13. The lowest BCUT2D eigenvalue weighted by Crippen LogP contribution is -2.39. The maximum atomic E-state index is 13.0. The van der Waals surface area contributed by atoms with Gasteiger partial charge in [0.15, 0.2) is 0 Å². The van der Waals surface area contributed by atoms with Crippen LogP contribution in [0.15, 0.2) is 48.5 Å². The van der Waals surface area contributed by atoms with E-state index in [1.54, 1.807) is 0 Å². The molecule has 3 aromatic rings. The summed E-state index contributed by atoms with van der Waals surface area (Å²) in [7, 11) is 1.93. The van der Waals surface area contributed by atoms with Gasteiger partial charge < -0.3 is 9.80 Å². The summed E-state index contributed by atoms with van der Waals surface area (Å²) in [4.78, 5) is 22.0. The molecule has 0 N–H and O–H groups in total. The minimum Gasteiger partial charge on any atom is -0.337 e. The molecule has 2 aromatic carbocycles. The topological polar surface area (TPSA) is 41.4 Å². The van der Waals surface area contributed by atoms with E-state index in [0.717, 1.165) is 60.6 Å². The van der Waals surface area contributed by atoms with E-state index in [1.807, 2.05) is 61.3 Å². The SMILES string of the molecule is CCCN1CC[C@@H](N(C)C(=O)c2ccc(-n3c(C)nc4ccccc43)cc2)C1. The molecule has 5 nitrogen and oxygen atoms in total. The molecule has 1 aromatic heterocycles. The molecule has 4 rings (SSSR count). The fourth-order valence-corrected chi connectivity index (χ4v) is 4.24. The Morgan fingerprint density at radius 2 is 1.93 bits per heavy atom. The number of likely N-dealkylation sites (tertiary alicyclic amines) is 1. The molecule has 0 aliphatic carbocycles. The molecule has 0 unspecified atom stereocenters. The minimum atomic E-state index is 0.0992. The first-order valence-electron chi connectivity index (χ1n) is 10.1. The number of carbonyl (C=O) groups excluding carboxylic acids is 1. The van der Waals surface area contributed by atoms with Crippen LogP contribution in [-0.2, 0) is 0 Å². The lowest BCUT2D eigenvalue weighted by molar-refractivity contribution is 0.0735. The molecule has 0 saturated carbocycles. The zero-order chi connectivity index (χ0) is 19.7. The molecule has 1 saturated heterocycles. The fraction of sp³-hybridized carbons (Fsp3) is 0.391. The van der Waals surface area contributed by atoms with E-state index in [4.69, 9.17) is 0 Å². The van der Waals surface area contributed by atoms with Crippen LogP contribution in [0.3, 0.4) is 0 Å². The highest BCUT2D eigenvalue weighted by molar-refractivity contribution is 5.94. The van der Waals surface area contributed by atoms with Gasteiger partial charge in [0.25, 0.3) is 5.91 Å². The number of rotatable bonds is 5. The van der Waals surface area contributed by atoms with Gasteiger partial charge in [0.2, 0.25) is 0 Å². The molecule has 0 bridgehead atoms. The fourth-order valence-electron chi connectivity index (χ4n) is 4.24. The number of aromatic nitrogens is 2. The summed E-state index contributed by atoms with van der Waals surface area (Å²) in [5, 5.41) is 0. The third-order valence-corrected chi connectivity index (χ3v) is 5.76. The maximum absolute atomic E-state index is 13.0. The van der Waals surface area contributed by atoms with Gasteiger partial charge in [-0.2, -0.15) is 0 Å². The van der Waals surface area contributed by atoms with Crippen LogP contribution in [0.4, 0.5) is 0 Å². The molecule has 1 amide bonds. The first kappa shape index (κ1) is 18.7. The first-order valence-corrected chi connectivity index (χ1v) is 10.1. The van der Waals surface area contributed by atoms with Crippen molar-refractivity contribution in [1.82, 2.24) is 19.4 Å². The summed E-state index contributed by atoms with van der Waals surface area (Å²) in [5.74, 6) is 1.04. The third kappa shape index (κ3) is 3.42. The number of carbonyl (C=O) groups is 1. The van der Waals surface area contributed by atoms with Gasteiger partial charge >= 0.3 is 0 Å². The quantitative estimate of drug-likeness (QED) is 0.678. The molecular weight excluding hydrogens is 348 g/mol. The van der Waals surface area contributed by atoms with Crippen LogP contribution >= 0.6 is 0 Å². The van der Waals surface area contributed by atoms with Crippen molar-refractivity contribution in [2.75, 3.05) is 26.7 Å². The van der Waals surface area contributed by atoms with Crippen molar-refractivity contribution in [3.63, 3.8) is 0 Å². The van der Waals surface area contributed by atoms with E-state index >= 15 is 0 Å². The van der Waals surface area contributed by atoms with Gasteiger partial charge in [-0.05, 0) is 62.7 Å². The van der Waals surface area contributed by atoms with Crippen LogP contribution in [0.5, 0.6) is 0 Å². The number of nitrogens with zero attached hydrogens (tertiary/aromatic N) is 4. The van der Waals surface area contributed by atoms with Gasteiger partial charge in [-0.3, -0.25) is 9.36 Å². The van der Waals surface area contributed by atoms with Crippen molar-refractivity contribution in [2.24, 2.45) is 0 Å². The molecule has 2 heterocycles. The van der Waals surface area contributed by atoms with Crippen molar-refractivity contribution >= 4 is 16.9 Å². The average Bonchev–Trinajstić information content (AvgIpc) is 3.31. The van der Waals surface area contributed by atoms with Crippen LogP contribution < -0.4 is 0 Å². The van der Waals surface area contributed by atoms with Crippen molar-refractivity contribution in [2.45, 2.75) is 32.7 Å². The Morgan fingerprint density at radius 1 is 1.18 bits per heavy atom. The minimum absolute atomic E-state index is 0.0992. The number of aryl methyl sites for hydroxylation is 1. The normalized spacial score (nSPS) is 17.3. The highest BCUT2D eigenvalue weighted by Crippen LogP contribution is 2.22. The Hall–Kier alpha value is -2.66. The van der Waals surface area contributed by atoms with E-state index in [2.05, 4.69) is 27.4 Å². The van der Waals surface area contributed by atoms with Gasteiger partial charge in [0, 0.05) is 37.4 Å². The molecule has 1 aliphatic rings. The first-order chi connectivity index (χ1) is 13.6. The Bertz CT molecular complexity index is 976. The predicted octanol–water partition coefficient (Wildman–Crippen LogP) is 3.89. The smallest absolute Gasteiger partial charge is 0.253 e. The van der Waals surface area contributed by atoms with Crippen molar-refractivity contribution in [3.05, 3.63) is 59.9 Å². The standard InChI is InChI=1S/C23H28N4O/c1-4-14-26-15-13-20(16-26)25(3)23(28)18-9-11-19(12-10-18)27-17(2)24-21-7-5-6-8-22(21)27/h5-12,20H,4,13-16H2,1-3H3/t20-/m1/s1. The monoisotopic (exact) mass is 376 g/mol. The van der Waals surface area contributed by atoms with E-state index in [0.29, 0.717) is 6.04 Å². The Kier molecular flexibility index (Phi) is 5.18. The van der Waals surface area contributed by atoms with Crippen LogP contribution in [0.2, 0.25) is 0 Å². The molecule has 1 aliphatic heterocycles. The van der Waals surface area contributed by atoms with Gasteiger partial charge in [-0.25, -0.2) is 4.98 Å². The largest absolute Gasteiger partial charge is 0.337 e. The van der Waals surface area contributed by atoms with Crippen molar-refractivity contribution in [3.8, 4) is 5.69 Å². The van der Waals surface area contributed by atoms with Gasteiger partial charge in [0.1, 0.15) is 5.82 Å². The highest BCUT2D eigenvalue weighted by atomic mass is 16.2. The van der Waals surface area contributed by atoms with Crippen LogP contribution in [0.25, 0.3) is 16.7 Å². The van der Waals surface area contributed by atoms with Crippen LogP contribution in [0, 0.1) is 6.92 Å². The Morgan fingerprint density at radius 3 is 2.68 bits per heavy atom. The molecule has 28 heavy (non-hydrogen) atoms. The summed E-state index contributed by atoms with van der Waals surface area (Å²) in [6, 6.07) is 16.3. The average molecular weight is 377 g/mol. The van der Waals surface area contributed by atoms with E-state index < -0.39 is 0 Å². The molecule has 5 heteroatoms. The second-order valence-corrected chi connectivity index (χ2v) is 7.69. The number of likely N-dealkylation sites (N-methyl/N-ethyl adjacent to an activating group) is 1. The second-order valence-electron chi connectivity index (χ2n) is 7.69. The third-order valence-electron chi connectivity index (χ3n) is 5.76. The van der Waals surface area contributed by atoms with Gasteiger partial charge in [0.05, 0.1) is 11.0 Å². The number of hydrogen-bond acceptors (Lipinski definition) is 3. The van der Waals surface area contributed by atoms with Crippen LogP contribution in [-0.4, -0.2) is 58.0 Å². The lowest BCUT2D eigenvalue weighted by Gasteiger charge is -2.25. The molecule has 0 spiro atoms. The van der Waals surface area contributed by atoms with E-state index in [1.165, 1.54) is 0 Å². The maximum Gasteiger partial charge on any atom is 0.253 e. The molecule has 1 atom stereocenters. The second kappa shape index (κ2) is 7.76. The van der Waals surface area contributed by atoms with E-state index in [-0.39, 0.29) is 5.91 Å². The molecule has 1 fully saturated rings. The zero-order valence-electron chi connectivity index (χ0n) is 16.9. The highest BCUT2D eigenvalue weighted by Gasteiger charge is 2.28. The number of hydrogen-bond donors (Lipinski definition) is 0. The Labute approximate surface area is 166 Å². The van der Waals surface area contributed by atoms with Crippen molar-refractivity contribution < 1.29 is 4.79 Å².